The first-order chi connectivity index (χ1) is 15.0. The third-order valence-electron chi connectivity index (χ3n) is 4.85. The highest BCUT2D eigenvalue weighted by atomic mass is 32.1. The molecule has 3 aromatic heterocycles. The number of thiophene rings is 2. The van der Waals surface area contributed by atoms with Gasteiger partial charge in [-0.2, -0.15) is 0 Å². The van der Waals surface area contributed by atoms with Gasteiger partial charge in [-0.3, -0.25) is 9.59 Å². The molecule has 0 atom stereocenters. The zero-order chi connectivity index (χ0) is 21.5. The Balaban J connectivity index is 1.38. The van der Waals surface area contributed by atoms with Gasteiger partial charge in [-0.1, -0.05) is 18.2 Å². The number of carbonyl (C=O) groups excluding carboxylic acids is 2. The summed E-state index contributed by atoms with van der Waals surface area (Å²) < 4.78 is 22.7. The van der Waals surface area contributed by atoms with E-state index in [0.717, 1.165) is 14.8 Å². The van der Waals surface area contributed by atoms with E-state index in [4.69, 9.17) is 4.42 Å². The molecule has 5 nitrogen and oxygen atoms in total. The Morgan fingerprint density at radius 2 is 1.77 bits per heavy atom. The Morgan fingerprint density at radius 3 is 2.58 bits per heavy atom. The smallest absolute Gasteiger partial charge is 0.265 e. The van der Waals surface area contributed by atoms with Crippen molar-refractivity contribution in [2.45, 2.75) is 6.92 Å². The Labute approximate surface area is 184 Å². The van der Waals surface area contributed by atoms with Gasteiger partial charge in [0, 0.05) is 20.5 Å². The van der Waals surface area contributed by atoms with Crippen LogP contribution in [0.25, 0.3) is 19.5 Å². The number of hydrogen-bond donors (Lipinski definition) is 2. The van der Waals surface area contributed by atoms with E-state index >= 15 is 0 Å². The van der Waals surface area contributed by atoms with E-state index in [1.807, 2.05) is 24.3 Å². The van der Waals surface area contributed by atoms with Crippen LogP contribution in [0.2, 0.25) is 0 Å². The van der Waals surface area contributed by atoms with Gasteiger partial charge in [0.1, 0.15) is 11.6 Å². The van der Waals surface area contributed by atoms with E-state index in [-0.39, 0.29) is 11.6 Å². The molecular weight excluding hydrogens is 435 g/mol. The molecule has 0 saturated carbocycles. The second kappa shape index (κ2) is 7.64. The molecule has 2 amide bonds. The number of amides is 2. The number of carbonyl (C=O) groups is 2. The van der Waals surface area contributed by atoms with E-state index in [2.05, 4.69) is 16.7 Å². The number of nitrogens with one attached hydrogen (secondary N) is 2. The van der Waals surface area contributed by atoms with Gasteiger partial charge >= 0.3 is 0 Å². The van der Waals surface area contributed by atoms with Crippen molar-refractivity contribution in [1.82, 2.24) is 0 Å². The molecule has 8 heteroatoms. The van der Waals surface area contributed by atoms with E-state index in [9.17, 15) is 14.0 Å². The molecule has 154 valence electrons. The second-order valence-corrected chi connectivity index (χ2v) is 9.03. The average Bonchev–Trinajstić information content (AvgIpc) is 3.44. The summed E-state index contributed by atoms with van der Waals surface area (Å²) in [4.78, 5) is 25.7. The largest absolute Gasteiger partial charge is 0.469 e. The van der Waals surface area contributed by atoms with Crippen molar-refractivity contribution in [1.29, 1.82) is 0 Å². The fourth-order valence-corrected chi connectivity index (χ4v) is 5.73. The summed E-state index contributed by atoms with van der Waals surface area (Å²) in [5.74, 6) is -0.936. The fourth-order valence-electron chi connectivity index (χ4n) is 3.31. The summed E-state index contributed by atoms with van der Waals surface area (Å²) in [6.45, 7) is 1.65. The van der Waals surface area contributed by atoms with Crippen LogP contribution in [0.1, 0.15) is 25.8 Å². The molecule has 0 aliphatic heterocycles. The van der Waals surface area contributed by atoms with Gasteiger partial charge in [0.15, 0.2) is 0 Å². The van der Waals surface area contributed by atoms with Gasteiger partial charge in [-0.05, 0) is 43.3 Å². The molecule has 0 aliphatic rings. The van der Waals surface area contributed by atoms with Crippen LogP contribution in [0, 0.1) is 12.7 Å². The fraction of sp³-hybridized carbons (Fsp3) is 0.0435. The average molecular weight is 451 g/mol. The Bertz CT molecular complexity index is 1460. The van der Waals surface area contributed by atoms with Crippen LogP contribution in [0.4, 0.5) is 15.8 Å². The summed E-state index contributed by atoms with van der Waals surface area (Å²) in [5.41, 5.74) is 0.675. The maximum absolute atomic E-state index is 14.2. The summed E-state index contributed by atoms with van der Waals surface area (Å²) in [6.07, 6.45) is 1.40. The number of anilines is 2. The molecule has 0 spiro atoms. The first-order valence-corrected chi connectivity index (χ1v) is 11.0. The second-order valence-electron chi connectivity index (χ2n) is 6.90. The Kier molecular flexibility index (Phi) is 4.80. The van der Waals surface area contributed by atoms with E-state index < -0.39 is 11.7 Å². The quantitative estimate of drug-likeness (QED) is 0.322. The van der Waals surface area contributed by atoms with Gasteiger partial charge in [0.2, 0.25) is 0 Å². The molecule has 31 heavy (non-hydrogen) atoms. The molecule has 5 aromatic rings. The zero-order valence-electron chi connectivity index (χ0n) is 16.2. The lowest BCUT2D eigenvalue weighted by atomic mass is 10.2. The highest BCUT2D eigenvalue weighted by Gasteiger charge is 2.17. The molecule has 0 saturated heterocycles. The molecule has 0 unspecified atom stereocenters. The van der Waals surface area contributed by atoms with Gasteiger partial charge in [-0.15, -0.1) is 22.7 Å². The molecule has 3 heterocycles. The van der Waals surface area contributed by atoms with Gasteiger partial charge in [-0.25, -0.2) is 4.39 Å². The Hall–Kier alpha value is -3.49. The van der Waals surface area contributed by atoms with Crippen molar-refractivity contribution in [3.05, 3.63) is 82.9 Å². The highest BCUT2D eigenvalue weighted by Crippen LogP contribution is 2.39. The van der Waals surface area contributed by atoms with Gasteiger partial charge in [0.05, 0.1) is 27.1 Å². The van der Waals surface area contributed by atoms with Crippen LogP contribution in [0.15, 0.2) is 65.3 Å². The third kappa shape index (κ3) is 3.60. The molecular formula is C23H15FN2O3S2. The summed E-state index contributed by atoms with van der Waals surface area (Å²) in [5, 5.41) is 6.44. The van der Waals surface area contributed by atoms with E-state index in [0.29, 0.717) is 21.9 Å². The minimum atomic E-state index is -0.601. The lowest BCUT2D eigenvalue weighted by Gasteiger charge is -2.09. The number of hydrogen-bond acceptors (Lipinski definition) is 5. The minimum Gasteiger partial charge on any atom is -0.469 e. The zero-order valence-corrected chi connectivity index (χ0v) is 17.8. The number of aryl methyl sites for hydroxylation is 1. The lowest BCUT2D eigenvalue weighted by Crippen LogP contribution is -2.14. The van der Waals surface area contributed by atoms with Crippen molar-refractivity contribution < 1.29 is 18.4 Å². The molecule has 0 bridgehead atoms. The number of halogens is 1. The van der Waals surface area contributed by atoms with Crippen LogP contribution in [0.3, 0.4) is 0 Å². The topological polar surface area (TPSA) is 71.3 Å². The van der Waals surface area contributed by atoms with Crippen molar-refractivity contribution in [2.75, 3.05) is 10.6 Å². The molecule has 0 aliphatic carbocycles. The van der Waals surface area contributed by atoms with Crippen LogP contribution in [-0.4, -0.2) is 11.8 Å². The van der Waals surface area contributed by atoms with Crippen molar-refractivity contribution in [3.8, 4) is 0 Å². The number of rotatable bonds is 4. The summed E-state index contributed by atoms with van der Waals surface area (Å²) in [6, 6.07) is 15.5. The number of benzene rings is 2. The SMILES string of the molecule is Cc1occc1C(=O)Nc1cc(NC(=O)c2cc3sc4ccccc4c3s2)ccc1F. The van der Waals surface area contributed by atoms with Gasteiger partial charge < -0.3 is 15.1 Å². The predicted molar refractivity (Wildman–Crippen MR) is 123 cm³/mol. The minimum absolute atomic E-state index is 0.0263. The van der Waals surface area contributed by atoms with Crippen LogP contribution >= 0.6 is 22.7 Å². The monoisotopic (exact) mass is 450 g/mol. The van der Waals surface area contributed by atoms with E-state index in [1.54, 1.807) is 18.3 Å². The van der Waals surface area contributed by atoms with Crippen molar-refractivity contribution >= 4 is 65.3 Å². The Morgan fingerprint density at radius 1 is 0.935 bits per heavy atom. The molecule has 5 rings (SSSR count). The van der Waals surface area contributed by atoms with Crippen molar-refractivity contribution in [2.24, 2.45) is 0 Å². The normalized spacial score (nSPS) is 11.2. The molecule has 0 radical (unpaired) electrons. The van der Waals surface area contributed by atoms with Crippen molar-refractivity contribution in [3.63, 3.8) is 0 Å². The summed E-state index contributed by atoms with van der Waals surface area (Å²) in [7, 11) is 0. The summed E-state index contributed by atoms with van der Waals surface area (Å²) >= 11 is 3.07. The standard InChI is InChI=1S/C23H15FN2O3S2/c1-12-14(8-9-29-12)22(27)26-17-10-13(6-7-16(17)24)25-23(28)20-11-19-21(31-20)15-4-2-3-5-18(15)30-19/h2-11H,1H3,(H,25,28)(H,26,27). The predicted octanol–water partition coefficient (Wildman–Crippen LogP) is 6.66. The number of furan rings is 1. The first kappa shape index (κ1) is 19.5. The van der Waals surface area contributed by atoms with E-state index in [1.165, 1.54) is 46.6 Å². The maximum Gasteiger partial charge on any atom is 0.265 e. The maximum atomic E-state index is 14.2. The molecule has 2 N–H and O–H groups in total. The number of fused-ring (bicyclic) bond motifs is 3. The molecule has 0 fully saturated rings. The van der Waals surface area contributed by atoms with Crippen LogP contribution in [-0.2, 0) is 0 Å². The van der Waals surface area contributed by atoms with Crippen LogP contribution in [0.5, 0.6) is 0 Å². The third-order valence-corrected chi connectivity index (χ3v) is 7.26. The first-order valence-electron chi connectivity index (χ1n) is 9.37. The highest BCUT2D eigenvalue weighted by molar-refractivity contribution is 7.33. The lowest BCUT2D eigenvalue weighted by molar-refractivity contribution is 0.102. The van der Waals surface area contributed by atoms with Gasteiger partial charge in [0.25, 0.3) is 11.8 Å². The van der Waals surface area contributed by atoms with Crippen LogP contribution < -0.4 is 10.6 Å². The molecule has 2 aromatic carbocycles.